The quantitative estimate of drug-likeness (QED) is 0.346. The number of esters is 3. The van der Waals surface area contributed by atoms with E-state index in [0.29, 0.717) is 0 Å². The van der Waals surface area contributed by atoms with E-state index >= 15 is 0 Å². The first kappa shape index (κ1) is 21.5. The number of phosphoric ester groups is 1. The zero-order chi connectivity index (χ0) is 19.4. The number of rotatable bonds is 6. The van der Waals surface area contributed by atoms with Crippen LogP contribution in [-0.4, -0.2) is 65.1 Å². The van der Waals surface area contributed by atoms with Gasteiger partial charge in [0, 0.05) is 20.8 Å². The molecule has 0 aliphatic carbocycles. The molecular formula is C12H18FO11P. The van der Waals surface area contributed by atoms with Gasteiger partial charge in [0.2, 0.25) is 6.29 Å². The molecular weight excluding hydrogens is 370 g/mol. The zero-order valence-electron chi connectivity index (χ0n) is 13.5. The van der Waals surface area contributed by atoms with E-state index in [-0.39, 0.29) is 0 Å². The van der Waals surface area contributed by atoms with Gasteiger partial charge in [-0.3, -0.25) is 18.9 Å². The van der Waals surface area contributed by atoms with Gasteiger partial charge in [-0.05, 0) is 0 Å². The Balaban J connectivity index is 3.13. The normalized spacial score (nSPS) is 29.6. The summed E-state index contributed by atoms with van der Waals surface area (Å²) in [6.45, 7) is 2.44. The van der Waals surface area contributed by atoms with Crippen LogP contribution in [0.1, 0.15) is 20.8 Å². The monoisotopic (exact) mass is 388 g/mol. The number of hydrogen-bond donors (Lipinski definition) is 2. The van der Waals surface area contributed by atoms with Crippen molar-refractivity contribution in [1.82, 2.24) is 0 Å². The number of halogens is 1. The van der Waals surface area contributed by atoms with Crippen LogP contribution in [0.25, 0.3) is 0 Å². The van der Waals surface area contributed by atoms with E-state index in [1.165, 1.54) is 0 Å². The number of phosphoric acid groups is 1. The van der Waals surface area contributed by atoms with Gasteiger partial charge in [-0.1, -0.05) is 0 Å². The molecule has 1 aliphatic heterocycles. The van der Waals surface area contributed by atoms with Crippen molar-refractivity contribution in [3.05, 3.63) is 0 Å². The molecule has 1 saturated heterocycles. The lowest BCUT2D eigenvalue weighted by atomic mass is 9.99. The van der Waals surface area contributed by atoms with Gasteiger partial charge in [0.1, 0.15) is 12.7 Å². The third-order valence-electron chi connectivity index (χ3n) is 2.87. The summed E-state index contributed by atoms with van der Waals surface area (Å²) in [6, 6.07) is 0. The number of alkyl halides is 1. The summed E-state index contributed by atoms with van der Waals surface area (Å²) in [4.78, 5) is 51.1. The first-order valence-corrected chi connectivity index (χ1v) is 8.45. The lowest BCUT2D eigenvalue weighted by Crippen LogP contribution is -2.60. The van der Waals surface area contributed by atoms with Gasteiger partial charge < -0.3 is 28.7 Å². The molecule has 0 aromatic carbocycles. The van der Waals surface area contributed by atoms with Crippen molar-refractivity contribution in [2.24, 2.45) is 0 Å². The summed E-state index contributed by atoms with van der Waals surface area (Å²) in [5.74, 6) is -2.57. The van der Waals surface area contributed by atoms with Crippen LogP contribution in [0.4, 0.5) is 4.39 Å². The fourth-order valence-electron chi connectivity index (χ4n) is 2.08. The standard InChI is InChI=1S/C12H18FO11P/c1-5(14)20-4-8-10(21-6(2)15)11(22-7(3)16)9(13)12(23-8)24-25(17,18)19/h8-12H,4H2,1-3H3,(H2,17,18,19)/t8-,9-,10+,11-,12-/m1/s1. The second-order valence-electron chi connectivity index (χ2n) is 5.03. The molecule has 1 aliphatic rings. The van der Waals surface area contributed by atoms with E-state index < -0.39 is 63.1 Å². The predicted octanol–water partition coefficient (Wildman–Crippen LogP) is -0.415. The number of ether oxygens (including phenoxy) is 4. The summed E-state index contributed by atoms with van der Waals surface area (Å²) in [5, 5.41) is 0. The average Bonchev–Trinajstić information content (AvgIpc) is 2.42. The third kappa shape index (κ3) is 7.04. The zero-order valence-corrected chi connectivity index (χ0v) is 14.4. The molecule has 0 aromatic heterocycles. The number of hydrogen-bond acceptors (Lipinski definition) is 9. The molecule has 0 aromatic rings. The van der Waals surface area contributed by atoms with Crippen LogP contribution in [-0.2, 0) is 42.4 Å². The Bertz CT molecular complexity index is 561. The van der Waals surface area contributed by atoms with Crippen LogP contribution < -0.4 is 0 Å². The summed E-state index contributed by atoms with van der Waals surface area (Å²) in [6.07, 6.45) is -9.28. The van der Waals surface area contributed by atoms with Crippen molar-refractivity contribution >= 4 is 25.7 Å². The average molecular weight is 388 g/mol. The molecule has 1 heterocycles. The molecule has 11 nitrogen and oxygen atoms in total. The molecule has 0 bridgehead atoms. The lowest BCUT2D eigenvalue weighted by molar-refractivity contribution is -0.274. The van der Waals surface area contributed by atoms with Gasteiger partial charge in [-0.15, -0.1) is 0 Å². The smallest absolute Gasteiger partial charge is 0.463 e. The summed E-state index contributed by atoms with van der Waals surface area (Å²) < 4.78 is 49.0. The van der Waals surface area contributed by atoms with Gasteiger partial charge in [0.15, 0.2) is 18.4 Å². The molecule has 144 valence electrons. The van der Waals surface area contributed by atoms with Crippen LogP contribution in [0.2, 0.25) is 0 Å². The fraction of sp³-hybridized carbons (Fsp3) is 0.750. The van der Waals surface area contributed by atoms with Crippen molar-refractivity contribution in [1.29, 1.82) is 0 Å². The van der Waals surface area contributed by atoms with E-state index in [0.717, 1.165) is 20.8 Å². The highest BCUT2D eigenvalue weighted by Gasteiger charge is 2.52. The Morgan fingerprint density at radius 3 is 2.00 bits per heavy atom. The molecule has 1 rings (SSSR count). The lowest BCUT2D eigenvalue weighted by Gasteiger charge is -2.41. The van der Waals surface area contributed by atoms with Crippen molar-refractivity contribution in [3.63, 3.8) is 0 Å². The minimum atomic E-state index is -5.17. The fourth-order valence-corrected chi connectivity index (χ4v) is 2.52. The van der Waals surface area contributed by atoms with Crippen molar-refractivity contribution in [3.8, 4) is 0 Å². The molecule has 2 N–H and O–H groups in total. The summed E-state index contributed by atoms with van der Waals surface area (Å²) in [5.41, 5.74) is 0. The Morgan fingerprint density at radius 2 is 1.56 bits per heavy atom. The van der Waals surface area contributed by atoms with E-state index in [2.05, 4.69) is 4.52 Å². The van der Waals surface area contributed by atoms with Crippen LogP contribution in [0.5, 0.6) is 0 Å². The second kappa shape index (κ2) is 8.68. The molecule has 0 unspecified atom stereocenters. The van der Waals surface area contributed by atoms with E-state index in [9.17, 15) is 23.3 Å². The highest BCUT2D eigenvalue weighted by Crippen LogP contribution is 2.42. The first-order chi connectivity index (χ1) is 11.4. The maximum atomic E-state index is 14.5. The topological polar surface area (TPSA) is 155 Å². The minimum absolute atomic E-state index is 0.571. The maximum Gasteiger partial charge on any atom is 0.472 e. The third-order valence-corrected chi connectivity index (χ3v) is 3.35. The predicted molar refractivity (Wildman–Crippen MR) is 74.4 cm³/mol. The highest BCUT2D eigenvalue weighted by molar-refractivity contribution is 7.46. The molecule has 0 spiro atoms. The molecule has 5 atom stereocenters. The SMILES string of the molecule is CC(=O)OC[C@H]1O[C@H](OP(=O)(O)O)[C@H](F)[C@@H](OC(C)=O)[C@H]1OC(C)=O. The summed E-state index contributed by atoms with van der Waals surface area (Å²) in [7, 11) is -5.17. The maximum absolute atomic E-state index is 14.5. The largest absolute Gasteiger partial charge is 0.472 e. The molecule has 0 saturated carbocycles. The van der Waals surface area contributed by atoms with Gasteiger partial charge in [-0.25, -0.2) is 8.96 Å². The van der Waals surface area contributed by atoms with Crippen molar-refractivity contribution < 1.29 is 56.6 Å². The Hall–Kier alpha value is -1.59. The van der Waals surface area contributed by atoms with Crippen LogP contribution >= 0.6 is 7.82 Å². The van der Waals surface area contributed by atoms with Crippen LogP contribution in [0, 0.1) is 0 Å². The van der Waals surface area contributed by atoms with Gasteiger partial charge in [0.05, 0.1) is 0 Å². The van der Waals surface area contributed by atoms with Crippen LogP contribution in [0.15, 0.2) is 0 Å². The van der Waals surface area contributed by atoms with E-state index in [1.54, 1.807) is 0 Å². The minimum Gasteiger partial charge on any atom is -0.463 e. The van der Waals surface area contributed by atoms with Crippen molar-refractivity contribution in [2.45, 2.75) is 51.5 Å². The molecule has 25 heavy (non-hydrogen) atoms. The first-order valence-electron chi connectivity index (χ1n) is 6.92. The van der Waals surface area contributed by atoms with Gasteiger partial charge >= 0.3 is 25.7 Å². The summed E-state index contributed by atoms with van der Waals surface area (Å²) >= 11 is 0. The molecule has 13 heteroatoms. The second-order valence-corrected chi connectivity index (χ2v) is 6.23. The molecule has 0 amide bonds. The Labute approximate surface area is 141 Å². The molecule has 0 radical (unpaired) electrons. The van der Waals surface area contributed by atoms with Gasteiger partial charge in [0.25, 0.3) is 0 Å². The van der Waals surface area contributed by atoms with Crippen LogP contribution in [0.3, 0.4) is 0 Å². The number of carbonyl (C=O) groups excluding carboxylic acids is 3. The van der Waals surface area contributed by atoms with E-state index in [1.807, 2.05) is 0 Å². The Morgan fingerprint density at radius 1 is 1.04 bits per heavy atom. The highest BCUT2D eigenvalue weighted by atomic mass is 31.2. The molecule has 1 fully saturated rings. The van der Waals surface area contributed by atoms with Crippen molar-refractivity contribution in [2.75, 3.05) is 6.61 Å². The van der Waals surface area contributed by atoms with Gasteiger partial charge in [-0.2, -0.15) is 0 Å². The van der Waals surface area contributed by atoms with E-state index in [4.69, 9.17) is 28.7 Å². The number of carbonyl (C=O) groups is 3. The Kier molecular flexibility index (Phi) is 7.44.